The van der Waals surface area contributed by atoms with E-state index in [0.29, 0.717) is 23.6 Å². The molecule has 106 valence electrons. The van der Waals surface area contributed by atoms with E-state index in [4.69, 9.17) is 11.6 Å². The Balaban J connectivity index is 1.79. The molecule has 6 heteroatoms. The Labute approximate surface area is 126 Å². The summed E-state index contributed by atoms with van der Waals surface area (Å²) in [4.78, 5) is 27.4. The summed E-state index contributed by atoms with van der Waals surface area (Å²) < 4.78 is 0. The Bertz CT molecular complexity index is 731. The molecule has 0 atom stereocenters. The predicted molar refractivity (Wildman–Crippen MR) is 80.6 cm³/mol. The molecule has 0 aliphatic carbocycles. The number of aromatic nitrogens is 1. The molecule has 1 aromatic carbocycles. The van der Waals surface area contributed by atoms with Gasteiger partial charge in [-0.05, 0) is 42.3 Å². The highest BCUT2D eigenvalue weighted by Crippen LogP contribution is 2.25. The summed E-state index contributed by atoms with van der Waals surface area (Å²) in [6, 6.07) is 8.51. The maximum absolute atomic E-state index is 12.1. The van der Waals surface area contributed by atoms with E-state index in [1.165, 1.54) is 12.3 Å². The molecule has 2 N–H and O–H groups in total. The van der Waals surface area contributed by atoms with Crippen LogP contribution in [0.5, 0.6) is 0 Å². The molecule has 0 radical (unpaired) electrons. The van der Waals surface area contributed by atoms with E-state index in [9.17, 15) is 9.59 Å². The predicted octanol–water partition coefficient (Wildman–Crippen LogP) is 2.87. The summed E-state index contributed by atoms with van der Waals surface area (Å²) in [6.07, 6.45) is 2.61. The highest BCUT2D eigenvalue weighted by molar-refractivity contribution is 6.30. The summed E-state index contributed by atoms with van der Waals surface area (Å²) in [5, 5.41) is 6.03. The minimum atomic E-state index is -0.322. The lowest BCUT2D eigenvalue weighted by Gasteiger charge is -2.17. The van der Waals surface area contributed by atoms with Gasteiger partial charge < -0.3 is 10.6 Å². The molecule has 0 fully saturated rings. The van der Waals surface area contributed by atoms with Crippen LogP contribution in [0.3, 0.4) is 0 Å². The molecule has 0 spiro atoms. The molecular formula is C15H12ClN3O2. The van der Waals surface area contributed by atoms with Crippen LogP contribution in [0.2, 0.25) is 5.02 Å². The minimum Gasteiger partial charge on any atom is -0.326 e. The van der Waals surface area contributed by atoms with E-state index in [0.717, 1.165) is 11.3 Å². The smallest absolute Gasteiger partial charge is 0.274 e. The van der Waals surface area contributed by atoms with Crippen LogP contribution in [0, 0.1) is 0 Å². The minimum absolute atomic E-state index is 0.0161. The van der Waals surface area contributed by atoms with E-state index < -0.39 is 0 Å². The molecule has 1 aromatic heterocycles. The van der Waals surface area contributed by atoms with Gasteiger partial charge in [0.1, 0.15) is 5.69 Å². The van der Waals surface area contributed by atoms with E-state index in [-0.39, 0.29) is 17.5 Å². The SMILES string of the molecule is O=C1CCc2cc(NC(=O)c3cc(Cl)ccn3)ccc2N1. The van der Waals surface area contributed by atoms with Gasteiger partial charge in [0.15, 0.2) is 0 Å². The Kier molecular flexibility index (Phi) is 3.58. The number of nitrogens with one attached hydrogen (secondary N) is 2. The molecule has 5 nitrogen and oxygen atoms in total. The van der Waals surface area contributed by atoms with Crippen LogP contribution in [0.1, 0.15) is 22.5 Å². The van der Waals surface area contributed by atoms with E-state index in [1.807, 2.05) is 6.07 Å². The van der Waals surface area contributed by atoms with Crippen molar-refractivity contribution < 1.29 is 9.59 Å². The van der Waals surface area contributed by atoms with E-state index in [2.05, 4.69) is 15.6 Å². The second kappa shape index (κ2) is 5.54. The fourth-order valence-electron chi connectivity index (χ4n) is 2.19. The number of rotatable bonds is 2. The number of carbonyl (C=O) groups excluding carboxylic acids is 2. The topological polar surface area (TPSA) is 71.1 Å². The third-order valence-electron chi connectivity index (χ3n) is 3.21. The summed E-state index contributed by atoms with van der Waals surface area (Å²) in [5.41, 5.74) is 2.72. The molecule has 0 saturated heterocycles. The summed E-state index contributed by atoms with van der Waals surface area (Å²) in [7, 11) is 0. The molecule has 0 saturated carbocycles. The summed E-state index contributed by atoms with van der Waals surface area (Å²) >= 11 is 5.84. The number of anilines is 2. The van der Waals surface area contributed by atoms with Crippen LogP contribution in [0.15, 0.2) is 36.5 Å². The van der Waals surface area contributed by atoms with Gasteiger partial charge in [-0.3, -0.25) is 14.6 Å². The zero-order valence-corrected chi connectivity index (χ0v) is 11.8. The molecule has 21 heavy (non-hydrogen) atoms. The van der Waals surface area contributed by atoms with Crippen molar-refractivity contribution in [1.82, 2.24) is 4.98 Å². The molecule has 1 aliphatic heterocycles. The third kappa shape index (κ3) is 3.03. The molecular weight excluding hydrogens is 290 g/mol. The van der Waals surface area contributed by atoms with Gasteiger partial charge in [-0.1, -0.05) is 11.6 Å². The van der Waals surface area contributed by atoms with Gasteiger partial charge in [-0.2, -0.15) is 0 Å². The van der Waals surface area contributed by atoms with Gasteiger partial charge in [0.25, 0.3) is 5.91 Å². The largest absolute Gasteiger partial charge is 0.326 e. The Hall–Kier alpha value is -2.40. The highest BCUT2D eigenvalue weighted by Gasteiger charge is 2.15. The summed E-state index contributed by atoms with van der Waals surface area (Å²) in [6.45, 7) is 0. The first-order valence-electron chi connectivity index (χ1n) is 6.47. The van der Waals surface area contributed by atoms with Crippen molar-refractivity contribution in [3.8, 4) is 0 Å². The molecule has 2 aromatic rings. The number of amides is 2. The zero-order valence-electron chi connectivity index (χ0n) is 11.0. The Morgan fingerprint density at radius 1 is 1.24 bits per heavy atom. The van der Waals surface area contributed by atoms with Crippen molar-refractivity contribution in [1.29, 1.82) is 0 Å². The normalized spacial score (nSPS) is 13.3. The first kappa shape index (κ1) is 13.6. The standard InChI is InChI=1S/C15H12ClN3O2/c16-10-5-6-17-13(8-10)15(21)18-11-2-3-12-9(7-11)1-4-14(20)19-12/h2-3,5-8H,1,4H2,(H,18,21)(H,19,20). The van der Waals surface area contributed by atoms with Crippen LogP contribution < -0.4 is 10.6 Å². The first-order chi connectivity index (χ1) is 10.1. The fourth-order valence-corrected chi connectivity index (χ4v) is 2.34. The van der Waals surface area contributed by atoms with Gasteiger partial charge in [0.05, 0.1) is 0 Å². The van der Waals surface area contributed by atoms with Crippen LogP contribution in [-0.4, -0.2) is 16.8 Å². The quantitative estimate of drug-likeness (QED) is 0.896. The molecule has 1 aliphatic rings. The third-order valence-corrected chi connectivity index (χ3v) is 3.45. The number of hydrogen-bond acceptors (Lipinski definition) is 3. The van der Waals surface area contributed by atoms with Gasteiger partial charge in [0.2, 0.25) is 5.91 Å². The number of hydrogen-bond donors (Lipinski definition) is 2. The van der Waals surface area contributed by atoms with Gasteiger partial charge in [-0.15, -0.1) is 0 Å². The van der Waals surface area contributed by atoms with Crippen LogP contribution >= 0.6 is 11.6 Å². The van der Waals surface area contributed by atoms with Gasteiger partial charge in [0, 0.05) is 29.0 Å². The molecule has 0 unspecified atom stereocenters. The second-order valence-corrected chi connectivity index (χ2v) is 5.17. The van der Waals surface area contributed by atoms with Crippen LogP contribution in [0.25, 0.3) is 0 Å². The second-order valence-electron chi connectivity index (χ2n) is 4.73. The van der Waals surface area contributed by atoms with Crippen molar-refractivity contribution in [2.45, 2.75) is 12.8 Å². The van der Waals surface area contributed by atoms with Crippen molar-refractivity contribution in [3.05, 3.63) is 52.8 Å². The van der Waals surface area contributed by atoms with Crippen molar-refractivity contribution in [2.24, 2.45) is 0 Å². The number of nitrogens with zero attached hydrogens (tertiary/aromatic N) is 1. The van der Waals surface area contributed by atoms with Crippen molar-refractivity contribution in [3.63, 3.8) is 0 Å². The average molecular weight is 302 g/mol. The van der Waals surface area contributed by atoms with E-state index in [1.54, 1.807) is 18.2 Å². The number of halogens is 1. The van der Waals surface area contributed by atoms with Gasteiger partial charge in [-0.25, -0.2) is 0 Å². The summed E-state index contributed by atoms with van der Waals surface area (Å²) in [5.74, 6) is -0.306. The number of pyridine rings is 1. The lowest BCUT2D eigenvalue weighted by molar-refractivity contribution is -0.116. The first-order valence-corrected chi connectivity index (χ1v) is 6.85. The number of aryl methyl sites for hydroxylation is 1. The maximum atomic E-state index is 12.1. The monoisotopic (exact) mass is 301 g/mol. The fraction of sp³-hybridized carbons (Fsp3) is 0.133. The Morgan fingerprint density at radius 2 is 2.10 bits per heavy atom. The number of carbonyl (C=O) groups is 2. The van der Waals surface area contributed by atoms with Gasteiger partial charge >= 0.3 is 0 Å². The number of fused-ring (bicyclic) bond motifs is 1. The Morgan fingerprint density at radius 3 is 2.90 bits per heavy atom. The molecule has 0 bridgehead atoms. The molecule has 3 rings (SSSR count). The van der Waals surface area contributed by atoms with E-state index >= 15 is 0 Å². The van der Waals surface area contributed by atoms with Crippen LogP contribution in [0.4, 0.5) is 11.4 Å². The lowest BCUT2D eigenvalue weighted by atomic mass is 10.0. The lowest BCUT2D eigenvalue weighted by Crippen LogP contribution is -2.19. The maximum Gasteiger partial charge on any atom is 0.274 e. The van der Waals surface area contributed by atoms with Crippen molar-refractivity contribution in [2.75, 3.05) is 10.6 Å². The molecule has 2 amide bonds. The molecule has 2 heterocycles. The number of benzene rings is 1. The van der Waals surface area contributed by atoms with Crippen LogP contribution in [-0.2, 0) is 11.2 Å². The zero-order chi connectivity index (χ0) is 14.8. The highest BCUT2D eigenvalue weighted by atomic mass is 35.5. The average Bonchev–Trinajstić information content (AvgIpc) is 2.47. The van der Waals surface area contributed by atoms with Crippen molar-refractivity contribution >= 4 is 34.8 Å².